The first-order valence-corrected chi connectivity index (χ1v) is 12.4. The number of rotatable bonds is 2. The number of hydrazone groups is 1. The maximum atomic E-state index is 13.3. The number of amides is 2. The fourth-order valence-electron chi connectivity index (χ4n) is 6.43. The summed E-state index contributed by atoms with van der Waals surface area (Å²) in [6.45, 7) is 4.36. The molecule has 160 valence electrons. The third kappa shape index (κ3) is 2.64. The number of benzene rings is 1. The van der Waals surface area contributed by atoms with Gasteiger partial charge in [0.2, 0.25) is 0 Å². The van der Waals surface area contributed by atoms with E-state index in [0.29, 0.717) is 5.02 Å². The number of aromatic nitrogens is 1. The fraction of sp³-hybridized carbons (Fsp3) is 0.455. The Kier molecular flexibility index (Phi) is 4.18. The maximum absolute atomic E-state index is 13.3. The smallest absolute Gasteiger partial charge is 0.305 e. The van der Waals surface area contributed by atoms with E-state index in [-0.39, 0.29) is 56.9 Å². The van der Waals surface area contributed by atoms with Gasteiger partial charge in [-0.2, -0.15) is 10.1 Å². The first-order chi connectivity index (χ1) is 14.8. The van der Waals surface area contributed by atoms with Crippen molar-refractivity contribution in [2.45, 2.75) is 36.0 Å². The van der Waals surface area contributed by atoms with Gasteiger partial charge in [0, 0.05) is 20.6 Å². The van der Waals surface area contributed by atoms with Crippen LogP contribution in [0.25, 0.3) is 0 Å². The highest BCUT2D eigenvalue weighted by Gasteiger charge is 2.71. The minimum atomic E-state index is -0.309. The summed E-state index contributed by atoms with van der Waals surface area (Å²) in [6.07, 6.45) is 2.44. The van der Waals surface area contributed by atoms with Crippen LogP contribution in [0.5, 0.6) is 0 Å². The summed E-state index contributed by atoms with van der Waals surface area (Å²) in [7, 11) is 0. The molecule has 31 heavy (non-hydrogen) atoms. The molecule has 1 N–H and O–H groups in total. The molecule has 2 bridgehead atoms. The van der Waals surface area contributed by atoms with E-state index in [2.05, 4.69) is 23.9 Å². The van der Waals surface area contributed by atoms with E-state index in [1.807, 2.05) is 0 Å². The van der Waals surface area contributed by atoms with Crippen molar-refractivity contribution < 1.29 is 9.59 Å². The fourth-order valence-corrected chi connectivity index (χ4v) is 9.70. The second kappa shape index (κ2) is 6.56. The molecular weight excluding hydrogens is 454 g/mol. The van der Waals surface area contributed by atoms with Crippen molar-refractivity contribution in [3.8, 4) is 0 Å². The van der Waals surface area contributed by atoms with Gasteiger partial charge in [-0.3, -0.25) is 14.4 Å². The van der Waals surface area contributed by atoms with Crippen molar-refractivity contribution in [1.82, 2.24) is 9.99 Å². The third-order valence-corrected chi connectivity index (χ3v) is 10.6. The molecule has 6 rings (SSSR count). The zero-order chi connectivity index (χ0) is 21.7. The van der Waals surface area contributed by atoms with Gasteiger partial charge in [0.1, 0.15) is 0 Å². The number of imide groups is 1. The SMILES string of the molecule is CC1(C)c2sc(=O)[nH]c2S[C@H]2[C@H]3C[C@@H]([C@@H]4C(=O)N(/N=C\c5ccc(Cl)cc5)C(=O)[C@@H]34)[C@@H]21. The lowest BCUT2D eigenvalue weighted by atomic mass is 9.64. The van der Waals surface area contributed by atoms with Crippen molar-refractivity contribution in [2.75, 3.05) is 0 Å². The number of hydrogen-bond donors (Lipinski definition) is 1. The summed E-state index contributed by atoms with van der Waals surface area (Å²) in [4.78, 5) is 42.6. The van der Waals surface area contributed by atoms with Crippen molar-refractivity contribution in [3.05, 3.63) is 49.4 Å². The number of nitrogens with one attached hydrogen (secondary N) is 1. The van der Waals surface area contributed by atoms with Crippen LogP contribution in [-0.2, 0) is 15.0 Å². The quantitative estimate of drug-likeness (QED) is 0.532. The lowest BCUT2D eigenvalue weighted by Crippen LogP contribution is -2.48. The molecule has 1 aromatic carbocycles. The highest BCUT2D eigenvalue weighted by molar-refractivity contribution is 8.00. The van der Waals surface area contributed by atoms with E-state index in [4.69, 9.17) is 11.6 Å². The van der Waals surface area contributed by atoms with Crippen molar-refractivity contribution in [3.63, 3.8) is 0 Å². The molecule has 2 aromatic rings. The Labute approximate surface area is 192 Å². The number of nitrogens with zero attached hydrogens (tertiary/aromatic N) is 2. The van der Waals surface area contributed by atoms with Crippen molar-refractivity contribution >= 4 is 52.7 Å². The van der Waals surface area contributed by atoms with Gasteiger partial charge in [-0.15, -0.1) is 11.8 Å². The van der Waals surface area contributed by atoms with Crippen LogP contribution in [0.2, 0.25) is 5.02 Å². The highest BCUT2D eigenvalue weighted by atomic mass is 35.5. The molecule has 9 heteroatoms. The molecule has 3 heterocycles. The lowest BCUT2D eigenvalue weighted by Gasteiger charge is -2.47. The van der Waals surface area contributed by atoms with Crippen LogP contribution in [-0.4, -0.2) is 33.3 Å². The van der Waals surface area contributed by atoms with Crippen LogP contribution < -0.4 is 4.87 Å². The Morgan fingerprint density at radius 1 is 1.13 bits per heavy atom. The van der Waals surface area contributed by atoms with Crippen molar-refractivity contribution in [2.24, 2.45) is 34.7 Å². The predicted octanol–water partition coefficient (Wildman–Crippen LogP) is 3.74. The van der Waals surface area contributed by atoms with E-state index in [0.717, 1.165) is 26.9 Å². The maximum Gasteiger partial charge on any atom is 0.305 e. The average Bonchev–Trinajstić information content (AvgIpc) is 3.44. The van der Waals surface area contributed by atoms with Gasteiger partial charge in [-0.25, -0.2) is 0 Å². The molecule has 0 unspecified atom stereocenters. The highest BCUT2D eigenvalue weighted by Crippen LogP contribution is 2.68. The number of fused-ring (bicyclic) bond motifs is 9. The van der Waals surface area contributed by atoms with E-state index >= 15 is 0 Å². The molecule has 2 aliphatic heterocycles. The molecule has 2 saturated carbocycles. The van der Waals surface area contributed by atoms with Gasteiger partial charge >= 0.3 is 4.87 Å². The minimum absolute atomic E-state index is 0.0343. The second-order valence-corrected chi connectivity index (χ2v) is 12.0. The number of carbonyl (C=O) groups is 2. The second-order valence-electron chi connectivity index (χ2n) is 9.40. The first kappa shape index (κ1) is 19.8. The third-order valence-electron chi connectivity index (χ3n) is 7.56. The predicted molar refractivity (Wildman–Crippen MR) is 121 cm³/mol. The van der Waals surface area contributed by atoms with Gasteiger partial charge in [0.15, 0.2) is 0 Å². The van der Waals surface area contributed by atoms with E-state index in [9.17, 15) is 14.4 Å². The molecule has 3 fully saturated rings. The molecule has 0 radical (unpaired) electrons. The van der Waals surface area contributed by atoms with Gasteiger partial charge < -0.3 is 4.98 Å². The average molecular weight is 474 g/mol. The molecule has 6 nitrogen and oxygen atoms in total. The minimum Gasteiger partial charge on any atom is -0.307 e. The number of thioether (sulfide) groups is 1. The monoisotopic (exact) mass is 473 g/mol. The zero-order valence-electron chi connectivity index (χ0n) is 16.9. The molecule has 2 aliphatic carbocycles. The number of halogens is 1. The van der Waals surface area contributed by atoms with Crippen LogP contribution in [0.1, 0.15) is 30.7 Å². The largest absolute Gasteiger partial charge is 0.307 e. The summed E-state index contributed by atoms with van der Waals surface area (Å²) < 4.78 is 0. The molecule has 6 atom stereocenters. The molecule has 4 aliphatic rings. The number of aromatic amines is 1. The summed E-state index contributed by atoms with van der Waals surface area (Å²) >= 11 is 8.90. The normalized spacial score (nSPS) is 35.0. The Balaban J connectivity index is 1.33. The summed E-state index contributed by atoms with van der Waals surface area (Å²) in [6, 6.07) is 7.10. The molecule has 1 saturated heterocycles. The van der Waals surface area contributed by atoms with Crippen molar-refractivity contribution in [1.29, 1.82) is 0 Å². The van der Waals surface area contributed by atoms with Crippen LogP contribution in [0.4, 0.5) is 0 Å². The summed E-state index contributed by atoms with van der Waals surface area (Å²) in [5.74, 6) is -0.448. The van der Waals surface area contributed by atoms with E-state index < -0.39 is 0 Å². The van der Waals surface area contributed by atoms with Crippen LogP contribution in [0, 0.1) is 29.6 Å². The Morgan fingerprint density at radius 2 is 1.81 bits per heavy atom. The lowest BCUT2D eigenvalue weighted by molar-refractivity contribution is -0.140. The van der Waals surface area contributed by atoms with Crippen LogP contribution in [0.3, 0.4) is 0 Å². The number of hydrogen-bond acceptors (Lipinski definition) is 6. The number of H-pyrrole nitrogens is 1. The summed E-state index contributed by atoms with van der Waals surface area (Å²) in [5, 5.41) is 7.16. The first-order valence-electron chi connectivity index (χ1n) is 10.3. The van der Waals surface area contributed by atoms with Gasteiger partial charge in [0.25, 0.3) is 11.8 Å². The van der Waals surface area contributed by atoms with Crippen LogP contribution >= 0.6 is 34.7 Å². The standard InChI is InChI=1S/C22H20ClN3O3S2/c1-22(2)15-11-7-12(16(15)30-18-17(22)31-21(29)25-18)14-13(11)19(27)26(20(14)28)24-8-9-3-5-10(23)6-4-9/h3-6,8,11-16H,7H2,1-2H3,(H,25,29)/b24-8-/t11-,12-,13-,14-,15-,16-/m0/s1. The topological polar surface area (TPSA) is 82.6 Å². The number of carbonyl (C=O) groups excluding carboxylic acids is 2. The summed E-state index contributed by atoms with van der Waals surface area (Å²) in [5.41, 5.74) is 0.576. The molecule has 1 aromatic heterocycles. The van der Waals surface area contributed by atoms with Crippen LogP contribution in [0.15, 0.2) is 39.2 Å². The molecular formula is C22H20ClN3O3S2. The van der Waals surface area contributed by atoms with E-state index in [1.54, 1.807) is 42.2 Å². The number of thiazole rings is 1. The molecule has 0 spiro atoms. The van der Waals surface area contributed by atoms with Gasteiger partial charge in [0.05, 0.1) is 23.1 Å². The molecule has 2 amide bonds. The Hall–Kier alpha value is -1.90. The Morgan fingerprint density at radius 3 is 2.52 bits per heavy atom. The van der Waals surface area contributed by atoms with Gasteiger partial charge in [-0.05, 0) is 41.9 Å². The Bertz CT molecular complexity index is 1200. The van der Waals surface area contributed by atoms with Gasteiger partial charge in [-0.1, -0.05) is 48.9 Å². The van der Waals surface area contributed by atoms with E-state index in [1.165, 1.54) is 11.3 Å². The zero-order valence-corrected chi connectivity index (χ0v) is 19.3.